The van der Waals surface area contributed by atoms with Crippen LogP contribution in [0.1, 0.15) is 49.6 Å². The number of nitrogens with one attached hydrogen (secondary N) is 2. The standard InChI is InChI=1S/C28H32N6O2/c1-2-16-13-19(35)8-10-20(16)18-7-9-21-23(14-18)32-33-26(21)27-30-22-11-12-34(15-24(22)31-27)28(36)25(29)17-5-3-4-6-17/h7-10,13-14,17,25,35H,2-6,11-12,15,29H2,1H3,(H,30,31)(H,32,33). The number of imidazole rings is 1. The lowest BCUT2D eigenvalue weighted by Gasteiger charge is -2.30. The highest BCUT2D eigenvalue weighted by molar-refractivity contribution is 5.94. The third-order valence-corrected chi connectivity index (χ3v) is 7.90. The van der Waals surface area contributed by atoms with Gasteiger partial charge < -0.3 is 20.7 Å². The van der Waals surface area contributed by atoms with E-state index in [9.17, 15) is 9.90 Å². The summed E-state index contributed by atoms with van der Waals surface area (Å²) < 4.78 is 0. The van der Waals surface area contributed by atoms with Crippen LogP contribution in [-0.4, -0.2) is 48.7 Å². The van der Waals surface area contributed by atoms with Crippen molar-refractivity contribution >= 4 is 16.8 Å². The summed E-state index contributed by atoms with van der Waals surface area (Å²) in [6.07, 6.45) is 6.00. The number of aromatic hydroxyl groups is 1. The van der Waals surface area contributed by atoms with Gasteiger partial charge in [-0.15, -0.1) is 0 Å². The van der Waals surface area contributed by atoms with E-state index in [0.717, 1.165) is 63.9 Å². The summed E-state index contributed by atoms with van der Waals surface area (Å²) in [5.74, 6) is 1.36. The van der Waals surface area contributed by atoms with Gasteiger partial charge in [0.05, 0.1) is 29.5 Å². The fraction of sp³-hybridized carbons (Fsp3) is 0.393. The van der Waals surface area contributed by atoms with Crippen molar-refractivity contribution in [2.75, 3.05) is 6.54 Å². The molecule has 2 aliphatic rings. The summed E-state index contributed by atoms with van der Waals surface area (Å²) in [6, 6.07) is 11.3. The van der Waals surface area contributed by atoms with Crippen molar-refractivity contribution in [3.05, 3.63) is 53.3 Å². The van der Waals surface area contributed by atoms with Crippen molar-refractivity contribution in [3.8, 4) is 28.4 Å². The number of rotatable bonds is 5. The van der Waals surface area contributed by atoms with Gasteiger partial charge in [0.25, 0.3) is 0 Å². The minimum absolute atomic E-state index is 0.0575. The number of nitrogens with zero attached hydrogens (tertiary/aromatic N) is 3. The van der Waals surface area contributed by atoms with Crippen molar-refractivity contribution in [1.29, 1.82) is 0 Å². The topological polar surface area (TPSA) is 124 Å². The predicted molar refractivity (Wildman–Crippen MR) is 139 cm³/mol. The average molecular weight is 485 g/mol. The van der Waals surface area contributed by atoms with Crippen LogP contribution in [0.5, 0.6) is 5.75 Å². The van der Waals surface area contributed by atoms with E-state index in [1.165, 1.54) is 12.8 Å². The highest BCUT2D eigenvalue weighted by Gasteiger charge is 2.33. The number of hydrogen-bond acceptors (Lipinski definition) is 5. The maximum Gasteiger partial charge on any atom is 0.240 e. The number of fused-ring (bicyclic) bond motifs is 2. The first-order valence-corrected chi connectivity index (χ1v) is 12.9. The smallest absolute Gasteiger partial charge is 0.240 e. The van der Waals surface area contributed by atoms with Crippen molar-refractivity contribution < 1.29 is 9.90 Å². The molecule has 3 heterocycles. The van der Waals surface area contributed by atoms with Crippen LogP contribution in [-0.2, 0) is 24.2 Å². The Hall–Kier alpha value is -3.65. The van der Waals surface area contributed by atoms with Gasteiger partial charge in [-0.05, 0) is 66.1 Å². The van der Waals surface area contributed by atoms with Crippen molar-refractivity contribution in [3.63, 3.8) is 0 Å². The molecule has 1 fully saturated rings. The number of amides is 1. The highest BCUT2D eigenvalue weighted by atomic mass is 16.3. The van der Waals surface area contributed by atoms with Crippen molar-refractivity contribution in [1.82, 2.24) is 25.1 Å². The summed E-state index contributed by atoms with van der Waals surface area (Å²) in [5, 5.41) is 18.6. The van der Waals surface area contributed by atoms with Crippen LogP contribution >= 0.6 is 0 Å². The van der Waals surface area contributed by atoms with Crippen LogP contribution in [0, 0.1) is 5.92 Å². The molecule has 8 heteroatoms. The molecule has 0 spiro atoms. The Kier molecular flexibility index (Phi) is 5.76. The van der Waals surface area contributed by atoms with Gasteiger partial charge in [0.1, 0.15) is 11.4 Å². The number of nitrogens with two attached hydrogens (primary N) is 1. The van der Waals surface area contributed by atoms with Gasteiger partial charge in [0.2, 0.25) is 5.91 Å². The van der Waals surface area contributed by atoms with Crippen LogP contribution in [0.4, 0.5) is 0 Å². The number of carbonyl (C=O) groups excluding carboxylic acids is 1. The van der Waals surface area contributed by atoms with E-state index in [4.69, 9.17) is 10.7 Å². The minimum Gasteiger partial charge on any atom is -0.508 e. The number of hydrogen-bond donors (Lipinski definition) is 4. The third kappa shape index (κ3) is 3.95. The zero-order valence-electron chi connectivity index (χ0n) is 20.6. The van der Waals surface area contributed by atoms with Crippen LogP contribution < -0.4 is 5.73 Å². The molecule has 1 saturated carbocycles. The Morgan fingerprint density at radius 1 is 1.22 bits per heavy atom. The molecule has 1 unspecified atom stereocenters. The number of H-pyrrole nitrogens is 2. The lowest BCUT2D eigenvalue weighted by atomic mass is 9.97. The first-order chi connectivity index (χ1) is 17.5. The Balaban J connectivity index is 1.25. The molecule has 0 saturated heterocycles. The fourth-order valence-electron chi connectivity index (χ4n) is 5.84. The lowest BCUT2D eigenvalue weighted by molar-refractivity contribution is -0.134. The van der Waals surface area contributed by atoms with E-state index in [1.54, 1.807) is 6.07 Å². The number of aryl methyl sites for hydroxylation is 1. The third-order valence-electron chi connectivity index (χ3n) is 7.90. The van der Waals surface area contributed by atoms with Gasteiger partial charge in [-0.3, -0.25) is 9.89 Å². The molecule has 36 heavy (non-hydrogen) atoms. The SMILES string of the molecule is CCc1cc(O)ccc1-c1ccc2c(-c3nc4c([nH]3)CN(C(=O)C(N)C3CCCC3)CC4)n[nH]c2c1. The van der Waals surface area contributed by atoms with Gasteiger partial charge in [-0.2, -0.15) is 5.10 Å². The minimum atomic E-state index is -0.400. The van der Waals surface area contributed by atoms with Crippen LogP contribution in [0.15, 0.2) is 36.4 Å². The second kappa shape index (κ2) is 9.09. The van der Waals surface area contributed by atoms with E-state index in [1.807, 2.05) is 17.0 Å². The lowest BCUT2D eigenvalue weighted by Crippen LogP contribution is -2.48. The normalized spacial score (nSPS) is 17.0. The zero-order valence-corrected chi connectivity index (χ0v) is 20.6. The fourth-order valence-corrected chi connectivity index (χ4v) is 5.84. The number of benzene rings is 2. The zero-order chi connectivity index (χ0) is 24.8. The first-order valence-electron chi connectivity index (χ1n) is 12.9. The van der Waals surface area contributed by atoms with E-state index in [0.29, 0.717) is 31.3 Å². The molecule has 8 nitrogen and oxygen atoms in total. The average Bonchev–Trinajstić information content (AvgIpc) is 3.66. The highest BCUT2D eigenvalue weighted by Crippen LogP contribution is 2.33. The second-order valence-corrected chi connectivity index (χ2v) is 10.1. The summed E-state index contributed by atoms with van der Waals surface area (Å²) in [5.41, 5.74) is 13.3. The maximum absolute atomic E-state index is 13.1. The Morgan fingerprint density at radius 3 is 2.86 bits per heavy atom. The molecule has 4 aromatic rings. The summed E-state index contributed by atoms with van der Waals surface area (Å²) in [7, 11) is 0. The van der Waals surface area contributed by atoms with Gasteiger partial charge >= 0.3 is 0 Å². The van der Waals surface area contributed by atoms with Crippen molar-refractivity contribution in [2.45, 2.75) is 58.0 Å². The predicted octanol–water partition coefficient (Wildman–Crippen LogP) is 4.29. The molecule has 186 valence electrons. The quantitative estimate of drug-likeness (QED) is 0.336. The maximum atomic E-state index is 13.1. The number of phenols is 1. The van der Waals surface area contributed by atoms with E-state index < -0.39 is 6.04 Å². The second-order valence-electron chi connectivity index (χ2n) is 10.1. The van der Waals surface area contributed by atoms with E-state index in [2.05, 4.69) is 40.3 Å². The van der Waals surface area contributed by atoms with Gasteiger partial charge in [0.15, 0.2) is 5.82 Å². The largest absolute Gasteiger partial charge is 0.508 e. The van der Waals surface area contributed by atoms with Gasteiger partial charge in [-0.1, -0.05) is 31.9 Å². The number of aromatic amines is 2. The summed E-state index contributed by atoms with van der Waals surface area (Å²) in [4.78, 5) is 23.2. The molecule has 1 aliphatic carbocycles. The van der Waals surface area contributed by atoms with Crippen LogP contribution in [0.25, 0.3) is 33.5 Å². The summed E-state index contributed by atoms with van der Waals surface area (Å²) >= 11 is 0. The van der Waals surface area contributed by atoms with Gasteiger partial charge in [0, 0.05) is 18.4 Å². The molecule has 1 atom stereocenters. The van der Waals surface area contributed by atoms with E-state index >= 15 is 0 Å². The van der Waals surface area contributed by atoms with Gasteiger partial charge in [-0.25, -0.2) is 4.98 Å². The molecule has 2 aromatic carbocycles. The summed E-state index contributed by atoms with van der Waals surface area (Å²) in [6.45, 7) is 3.24. The molecule has 0 bridgehead atoms. The molecule has 2 aromatic heterocycles. The van der Waals surface area contributed by atoms with Crippen molar-refractivity contribution in [2.24, 2.45) is 11.7 Å². The van der Waals surface area contributed by atoms with Crippen LogP contribution in [0.2, 0.25) is 0 Å². The Bertz CT molecular complexity index is 1430. The van der Waals surface area contributed by atoms with Crippen LogP contribution in [0.3, 0.4) is 0 Å². The number of phenolic OH excluding ortho intramolecular Hbond substituents is 1. The molecule has 0 radical (unpaired) electrons. The molecular weight excluding hydrogens is 452 g/mol. The Morgan fingerprint density at radius 2 is 2.06 bits per heavy atom. The Labute approximate surface area is 209 Å². The molecule has 1 aliphatic heterocycles. The van der Waals surface area contributed by atoms with E-state index in [-0.39, 0.29) is 11.7 Å². The molecular formula is C28H32N6O2. The molecule has 5 N–H and O–H groups in total. The molecule has 1 amide bonds. The number of carbonyl (C=O) groups is 1. The molecule has 6 rings (SSSR count). The number of aromatic nitrogens is 4. The first kappa shape index (κ1) is 22.8. The monoisotopic (exact) mass is 484 g/mol.